The van der Waals surface area contributed by atoms with Crippen molar-refractivity contribution < 1.29 is 4.79 Å². The van der Waals surface area contributed by atoms with Crippen LogP contribution in [0.2, 0.25) is 0 Å². The molecule has 0 heterocycles. The van der Waals surface area contributed by atoms with E-state index in [1.165, 1.54) is 25.7 Å². The van der Waals surface area contributed by atoms with Gasteiger partial charge in [-0.2, -0.15) is 0 Å². The van der Waals surface area contributed by atoms with Crippen molar-refractivity contribution in [2.45, 2.75) is 65.2 Å². The van der Waals surface area contributed by atoms with E-state index in [2.05, 4.69) is 13.8 Å². The first kappa shape index (κ1) is 15.6. The normalized spacial score (nSPS) is 9.38. The number of halogens is 1. The Morgan fingerprint density at radius 2 is 1.23 bits per heavy atom. The SMILES string of the molecule is Br.CCCCCC(=O)CCCCC. The first-order valence-electron chi connectivity index (χ1n) is 5.33. The number of Topliss-reactive ketones (excluding diaryl/α,β-unsaturated/α-hetero) is 1. The molecule has 1 nitrogen and oxygen atoms in total. The topological polar surface area (TPSA) is 17.1 Å². The lowest BCUT2D eigenvalue weighted by molar-refractivity contribution is -0.119. The lowest BCUT2D eigenvalue weighted by Crippen LogP contribution is -1.96. The first-order valence-corrected chi connectivity index (χ1v) is 5.33. The number of hydrogen-bond donors (Lipinski definition) is 0. The van der Waals surface area contributed by atoms with Crippen molar-refractivity contribution >= 4 is 22.8 Å². The van der Waals surface area contributed by atoms with E-state index in [0.717, 1.165) is 25.7 Å². The highest BCUT2D eigenvalue weighted by atomic mass is 79.9. The number of ketones is 1. The summed E-state index contributed by atoms with van der Waals surface area (Å²) in [6.07, 6.45) is 8.67. The second-order valence-electron chi connectivity index (χ2n) is 3.45. The Bertz CT molecular complexity index is 101. The van der Waals surface area contributed by atoms with Gasteiger partial charge in [-0.1, -0.05) is 39.5 Å². The lowest BCUT2D eigenvalue weighted by atomic mass is 10.1. The molecule has 0 N–H and O–H groups in total. The quantitative estimate of drug-likeness (QED) is 0.588. The van der Waals surface area contributed by atoms with E-state index in [1.807, 2.05) is 0 Å². The summed E-state index contributed by atoms with van der Waals surface area (Å²) in [5.74, 6) is 0.469. The standard InChI is InChI=1S/C11H22O.BrH/c1-3-5-7-9-11(12)10-8-6-4-2;/h3-10H2,1-2H3;1H. The fourth-order valence-electron chi connectivity index (χ4n) is 1.27. The van der Waals surface area contributed by atoms with E-state index >= 15 is 0 Å². The molecule has 0 radical (unpaired) electrons. The summed E-state index contributed by atoms with van der Waals surface area (Å²) in [6.45, 7) is 4.34. The molecule has 0 aliphatic heterocycles. The van der Waals surface area contributed by atoms with Gasteiger partial charge in [-0.05, 0) is 12.8 Å². The van der Waals surface area contributed by atoms with Gasteiger partial charge >= 0.3 is 0 Å². The van der Waals surface area contributed by atoms with Crippen LogP contribution >= 0.6 is 17.0 Å². The fraction of sp³-hybridized carbons (Fsp3) is 0.909. The third kappa shape index (κ3) is 12.1. The maximum Gasteiger partial charge on any atom is 0.132 e. The minimum absolute atomic E-state index is 0. The van der Waals surface area contributed by atoms with Crippen molar-refractivity contribution in [3.63, 3.8) is 0 Å². The molecule has 13 heavy (non-hydrogen) atoms. The van der Waals surface area contributed by atoms with Gasteiger partial charge in [-0.25, -0.2) is 0 Å². The molecule has 2 heteroatoms. The predicted molar refractivity (Wildman–Crippen MR) is 63.6 cm³/mol. The molecule has 0 amide bonds. The summed E-state index contributed by atoms with van der Waals surface area (Å²) < 4.78 is 0. The van der Waals surface area contributed by atoms with E-state index in [4.69, 9.17) is 0 Å². The number of hydrogen-bond acceptors (Lipinski definition) is 1. The minimum atomic E-state index is 0. The Hall–Kier alpha value is 0.150. The Balaban J connectivity index is 0. The van der Waals surface area contributed by atoms with Crippen LogP contribution in [0.15, 0.2) is 0 Å². The van der Waals surface area contributed by atoms with Gasteiger partial charge in [-0.15, -0.1) is 17.0 Å². The molecular weight excluding hydrogens is 228 g/mol. The van der Waals surface area contributed by atoms with Crippen molar-refractivity contribution in [3.05, 3.63) is 0 Å². The zero-order valence-electron chi connectivity index (χ0n) is 8.97. The van der Waals surface area contributed by atoms with E-state index in [0.29, 0.717) is 5.78 Å². The van der Waals surface area contributed by atoms with Gasteiger partial charge in [0.15, 0.2) is 0 Å². The number of carbonyl (C=O) groups excluding carboxylic acids is 1. The average Bonchev–Trinajstić information content (AvgIpc) is 2.06. The van der Waals surface area contributed by atoms with Crippen molar-refractivity contribution in [2.24, 2.45) is 0 Å². The summed E-state index contributed by atoms with van der Waals surface area (Å²) in [4.78, 5) is 11.2. The molecule has 0 saturated carbocycles. The van der Waals surface area contributed by atoms with Crippen molar-refractivity contribution in [1.82, 2.24) is 0 Å². The number of unbranched alkanes of at least 4 members (excludes halogenated alkanes) is 4. The Morgan fingerprint density at radius 3 is 1.54 bits per heavy atom. The summed E-state index contributed by atoms with van der Waals surface area (Å²) in [5.41, 5.74) is 0. The van der Waals surface area contributed by atoms with Gasteiger partial charge in [-0.3, -0.25) is 4.79 Å². The molecule has 0 fully saturated rings. The van der Waals surface area contributed by atoms with Crippen molar-refractivity contribution in [1.29, 1.82) is 0 Å². The number of rotatable bonds is 8. The molecule has 0 aromatic rings. The molecule has 0 atom stereocenters. The third-order valence-corrected chi connectivity index (χ3v) is 2.12. The second kappa shape index (κ2) is 12.2. The zero-order valence-corrected chi connectivity index (χ0v) is 10.7. The van der Waals surface area contributed by atoms with E-state index < -0.39 is 0 Å². The number of carbonyl (C=O) groups is 1. The molecule has 0 aliphatic carbocycles. The van der Waals surface area contributed by atoms with Gasteiger partial charge < -0.3 is 0 Å². The second-order valence-corrected chi connectivity index (χ2v) is 3.45. The summed E-state index contributed by atoms with van der Waals surface area (Å²) in [7, 11) is 0. The summed E-state index contributed by atoms with van der Waals surface area (Å²) >= 11 is 0. The van der Waals surface area contributed by atoms with Crippen LogP contribution in [-0.2, 0) is 4.79 Å². The van der Waals surface area contributed by atoms with Crippen LogP contribution in [0.4, 0.5) is 0 Å². The minimum Gasteiger partial charge on any atom is -0.300 e. The largest absolute Gasteiger partial charge is 0.300 e. The molecule has 0 saturated heterocycles. The first-order chi connectivity index (χ1) is 5.81. The van der Waals surface area contributed by atoms with Gasteiger partial charge in [0.05, 0.1) is 0 Å². The molecule has 0 unspecified atom stereocenters. The lowest BCUT2D eigenvalue weighted by Gasteiger charge is -1.98. The molecule has 0 rings (SSSR count). The molecule has 0 bridgehead atoms. The third-order valence-electron chi connectivity index (χ3n) is 2.12. The molecular formula is C11H23BrO. The van der Waals surface area contributed by atoms with Crippen LogP contribution in [0.25, 0.3) is 0 Å². The molecule has 0 aliphatic rings. The van der Waals surface area contributed by atoms with Gasteiger partial charge in [0.2, 0.25) is 0 Å². The van der Waals surface area contributed by atoms with E-state index in [1.54, 1.807) is 0 Å². The highest BCUT2D eigenvalue weighted by Crippen LogP contribution is 2.05. The maximum atomic E-state index is 11.2. The Kier molecular flexibility index (Phi) is 14.6. The maximum absolute atomic E-state index is 11.2. The molecule has 0 aromatic heterocycles. The zero-order chi connectivity index (χ0) is 9.23. The van der Waals surface area contributed by atoms with Gasteiger partial charge in [0.25, 0.3) is 0 Å². The highest BCUT2D eigenvalue weighted by molar-refractivity contribution is 8.93. The van der Waals surface area contributed by atoms with Crippen LogP contribution in [0, 0.1) is 0 Å². The summed E-state index contributed by atoms with van der Waals surface area (Å²) in [5, 5.41) is 0. The van der Waals surface area contributed by atoms with Crippen LogP contribution in [-0.4, -0.2) is 5.78 Å². The predicted octanol–water partition coefficient (Wildman–Crippen LogP) is 4.29. The fourth-order valence-corrected chi connectivity index (χ4v) is 1.27. The van der Waals surface area contributed by atoms with E-state index in [9.17, 15) is 4.79 Å². The monoisotopic (exact) mass is 250 g/mol. The highest BCUT2D eigenvalue weighted by Gasteiger charge is 1.99. The summed E-state index contributed by atoms with van der Waals surface area (Å²) in [6, 6.07) is 0. The van der Waals surface area contributed by atoms with Gasteiger partial charge in [0, 0.05) is 12.8 Å². The van der Waals surface area contributed by atoms with Crippen LogP contribution in [0.1, 0.15) is 65.2 Å². The average molecular weight is 251 g/mol. The Labute approximate surface area is 93.1 Å². The molecule has 80 valence electrons. The molecule has 0 aromatic carbocycles. The smallest absolute Gasteiger partial charge is 0.132 e. The van der Waals surface area contributed by atoms with Crippen molar-refractivity contribution in [3.8, 4) is 0 Å². The Morgan fingerprint density at radius 1 is 0.846 bits per heavy atom. The van der Waals surface area contributed by atoms with Crippen molar-refractivity contribution in [2.75, 3.05) is 0 Å². The van der Waals surface area contributed by atoms with E-state index in [-0.39, 0.29) is 17.0 Å². The molecule has 0 spiro atoms. The van der Waals surface area contributed by atoms with Crippen LogP contribution in [0.3, 0.4) is 0 Å². The van der Waals surface area contributed by atoms with Crippen LogP contribution in [0.5, 0.6) is 0 Å². The van der Waals surface area contributed by atoms with Gasteiger partial charge in [0.1, 0.15) is 5.78 Å². The van der Waals surface area contributed by atoms with Crippen LogP contribution < -0.4 is 0 Å².